The zero-order chi connectivity index (χ0) is 18.4. The largest absolute Gasteiger partial charge is 0.383 e. The van der Waals surface area contributed by atoms with Crippen molar-refractivity contribution in [3.8, 4) is 0 Å². The number of carbonyl (C=O) groups is 1. The molecule has 1 heterocycles. The van der Waals surface area contributed by atoms with E-state index in [1.165, 1.54) is 22.5 Å². The fourth-order valence-electron chi connectivity index (χ4n) is 2.86. The first kappa shape index (κ1) is 20.2. The van der Waals surface area contributed by atoms with Gasteiger partial charge < -0.3 is 10.1 Å². The second-order valence-corrected chi connectivity index (χ2v) is 8.61. The summed E-state index contributed by atoms with van der Waals surface area (Å²) in [4.78, 5) is 12.3. The molecule has 1 N–H and O–H groups in total. The lowest BCUT2D eigenvalue weighted by Crippen LogP contribution is -2.36. The van der Waals surface area contributed by atoms with Crippen LogP contribution in [0.3, 0.4) is 0 Å². The molecule has 0 aromatic heterocycles. The van der Waals surface area contributed by atoms with Crippen LogP contribution in [0.25, 0.3) is 0 Å². The molecule has 1 aliphatic rings. The molecule has 0 aliphatic carbocycles. The zero-order valence-corrected chi connectivity index (χ0v) is 16.2. The fourth-order valence-corrected chi connectivity index (χ4v) is 4.88. The molecule has 1 saturated heterocycles. The number of nitrogens with one attached hydrogen (secondary N) is 1. The number of hydrogen-bond donors (Lipinski definition) is 1. The third-order valence-corrected chi connectivity index (χ3v) is 6.55. The molecule has 0 unspecified atom stereocenters. The van der Waals surface area contributed by atoms with Gasteiger partial charge in [-0.2, -0.15) is 4.31 Å². The molecule has 140 valence electrons. The van der Waals surface area contributed by atoms with E-state index >= 15 is 0 Å². The van der Waals surface area contributed by atoms with E-state index in [9.17, 15) is 13.2 Å². The van der Waals surface area contributed by atoms with Crippen LogP contribution in [0.1, 0.15) is 43.0 Å². The Morgan fingerprint density at radius 1 is 1.28 bits per heavy atom. The number of sulfonamides is 1. The third-order valence-electron chi connectivity index (χ3n) is 4.17. The zero-order valence-electron chi connectivity index (χ0n) is 14.6. The van der Waals surface area contributed by atoms with Crippen LogP contribution >= 0.6 is 11.6 Å². The highest BCUT2D eigenvalue weighted by atomic mass is 35.5. The molecule has 1 aliphatic heterocycles. The van der Waals surface area contributed by atoms with Gasteiger partial charge in [-0.05, 0) is 38.0 Å². The van der Waals surface area contributed by atoms with Gasteiger partial charge in [0.05, 0.1) is 11.6 Å². The standard InChI is InChI=1S/C17H25ClN2O4S/c1-13(12-24-2)19-17(21)14-7-8-15(18)16(11-14)25(22,23)20-9-5-3-4-6-10-20/h7-8,11,13H,3-6,9-10,12H2,1-2H3,(H,19,21)/t13-/m1/s1. The summed E-state index contributed by atoms with van der Waals surface area (Å²) in [6.45, 7) is 3.16. The summed E-state index contributed by atoms with van der Waals surface area (Å²) < 4.78 is 32.4. The molecule has 0 saturated carbocycles. The predicted molar refractivity (Wildman–Crippen MR) is 97.5 cm³/mol. The number of methoxy groups -OCH3 is 1. The van der Waals surface area contributed by atoms with Gasteiger partial charge in [-0.25, -0.2) is 8.42 Å². The third kappa shape index (κ3) is 5.17. The summed E-state index contributed by atoms with van der Waals surface area (Å²) in [6.07, 6.45) is 3.73. The highest BCUT2D eigenvalue weighted by Gasteiger charge is 2.28. The van der Waals surface area contributed by atoms with Gasteiger partial charge in [0.25, 0.3) is 5.91 Å². The SMILES string of the molecule is COC[C@@H](C)NC(=O)c1ccc(Cl)c(S(=O)(=O)N2CCCCCC2)c1. The summed E-state index contributed by atoms with van der Waals surface area (Å²) in [5.41, 5.74) is 0.265. The van der Waals surface area contributed by atoms with Crippen molar-refractivity contribution in [2.24, 2.45) is 0 Å². The van der Waals surface area contributed by atoms with Crippen molar-refractivity contribution in [3.63, 3.8) is 0 Å². The highest BCUT2D eigenvalue weighted by Crippen LogP contribution is 2.27. The van der Waals surface area contributed by atoms with Crippen molar-refractivity contribution in [3.05, 3.63) is 28.8 Å². The lowest BCUT2D eigenvalue weighted by molar-refractivity contribution is 0.0905. The second kappa shape index (κ2) is 8.98. The van der Waals surface area contributed by atoms with Crippen LogP contribution in [-0.2, 0) is 14.8 Å². The quantitative estimate of drug-likeness (QED) is 0.812. The Bertz CT molecular complexity index is 701. The molecule has 2 rings (SSSR count). The predicted octanol–water partition coefficient (Wildman–Crippen LogP) is 2.67. The van der Waals surface area contributed by atoms with Gasteiger partial charge in [0, 0.05) is 31.8 Å². The molecular weight excluding hydrogens is 364 g/mol. The van der Waals surface area contributed by atoms with Gasteiger partial charge in [0.2, 0.25) is 10.0 Å². The maximum Gasteiger partial charge on any atom is 0.251 e. The van der Waals surface area contributed by atoms with Crippen LogP contribution in [0.2, 0.25) is 5.02 Å². The molecule has 25 heavy (non-hydrogen) atoms. The lowest BCUT2D eigenvalue weighted by Gasteiger charge is -2.21. The van der Waals surface area contributed by atoms with E-state index in [4.69, 9.17) is 16.3 Å². The van der Waals surface area contributed by atoms with Crippen molar-refractivity contribution in [2.45, 2.75) is 43.5 Å². The van der Waals surface area contributed by atoms with Crippen molar-refractivity contribution in [1.29, 1.82) is 0 Å². The van der Waals surface area contributed by atoms with Gasteiger partial charge >= 0.3 is 0 Å². The minimum Gasteiger partial charge on any atom is -0.383 e. The van der Waals surface area contributed by atoms with Crippen LogP contribution in [-0.4, -0.2) is 51.5 Å². The number of halogens is 1. The highest BCUT2D eigenvalue weighted by molar-refractivity contribution is 7.89. The Labute approximate surface area is 154 Å². The van der Waals surface area contributed by atoms with E-state index in [1.807, 2.05) is 6.92 Å². The molecular formula is C17H25ClN2O4S. The van der Waals surface area contributed by atoms with E-state index in [2.05, 4.69) is 5.32 Å². The molecule has 1 amide bonds. The van der Waals surface area contributed by atoms with Crippen molar-refractivity contribution in [1.82, 2.24) is 9.62 Å². The maximum absolute atomic E-state index is 13.0. The van der Waals surface area contributed by atoms with Crippen molar-refractivity contribution < 1.29 is 17.9 Å². The van der Waals surface area contributed by atoms with E-state index in [1.54, 1.807) is 7.11 Å². The Kier molecular flexibility index (Phi) is 7.25. The van der Waals surface area contributed by atoms with E-state index in [0.717, 1.165) is 25.7 Å². The Balaban J connectivity index is 2.27. The summed E-state index contributed by atoms with van der Waals surface area (Å²) in [7, 11) is -2.16. The van der Waals surface area contributed by atoms with Crippen LogP contribution in [0.15, 0.2) is 23.1 Å². The summed E-state index contributed by atoms with van der Waals surface area (Å²) in [5, 5.41) is 2.90. The van der Waals surface area contributed by atoms with Gasteiger partial charge in [-0.15, -0.1) is 0 Å². The molecule has 1 atom stereocenters. The van der Waals surface area contributed by atoms with E-state index in [0.29, 0.717) is 19.7 Å². The number of ether oxygens (including phenoxy) is 1. The Morgan fingerprint density at radius 2 is 1.92 bits per heavy atom. The molecule has 6 nitrogen and oxygen atoms in total. The lowest BCUT2D eigenvalue weighted by atomic mass is 10.2. The van der Waals surface area contributed by atoms with Gasteiger partial charge in [-0.3, -0.25) is 4.79 Å². The van der Waals surface area contributed by atoms with Crippen LogP contribution in [0, 0.1) is 0 Å². The second-order valence-electron chi connectivity index (χ2n) is 6.29. The first-order valence-electron chi connectivity index (χ1n) is 8.45. The summed E-state index contributed by atoms with van der Waals surface area (Å²) >= 11 is 6.14. The number of benzene rings is 1. The fraction of sp³-hybridized carbons (Fsp3) is 0.588. The average molecular weight is 389 g/mol. The first-order chi connectivity index (χ1) is 11.9. The summed E-state index contributed by atoms with van der Waals surface area (Å²) in [6, 6.07) is 4.16. The number of rotatable bonds is 6. The van der Waals surface area contributed by atoms with E-state index < -0.39 is 10.0 Å². The minimum atomic E-state index is -3.71. The molecule has 0 radical (unpaired) electrons. The Hall–Kier alpha value is -1.15. The van der Waals surface area contributed by atoms with Crippen molar-refractivity contribution in [2.75, 3.05) is 26.8 Å². The molecule has 0 spiro atoms. The monoisotopic (exact) mass is 388 g/mol. The average Bonchev–Trinajstić information content (AvgIpc) is 2.85. The van der Waals surface area contributed by atoms with Crippen LogP contribution in [0.5, 0.6) is 0 Å². The molecule has 1 fully saturated rings. The first-order valence-corrected chi connectivity index (χ1v) is 10.3. The molecule has 1 aromatic rings. The number of amides is 1. The Morgan fingerprint density at radius 3 is 2.52 bits per heavy atom. The van der Waals surface area contributed by atoms with Crippen molar-refractivity contribution >= 4 is 27.5 Å². The maximum atomic E-state index is 13.0. The van der Waals surface area contributed by atoms with Gasteiger partial charge in [-0.1, -0.05) is 24.4 Å². The van der Waals surface area contributed by atoms with Gasteiger partial charge in [0.15, 0.2) is 0 Å². The molecule has 0 bridgehead atoms. The number of carbonyl (C=O) groups excluding carboxylic acids is 1. The topological polar surface area (TPSA) is 75.7 Å². The number of nitrogens with zero attached hydrogens (tertiary/aromatic N) is 1. The summed E-state index contributed by atoms with van der Waals surface area (Å²) in [5.74, 6) is -0.353. The van der Waals surface area contributed by atoms with Gasteiger partial charge in [0.1, 0.15) is 4.90 Å². The number of hydrogen-bond acceptors (Lipinski definition) is 4. The smallest absolute Gasteiger partial charge is 0.251 e. The van der Waals surface area contributed by atoms with Crippen LogP contribution in [0.4, 0.5) is 0 Å². The molecule has 1 aromatic carbocycles. The minimum absolute atomic E-state index is 0.0110. The van der Waals surface area contributed by atoms with E-state index in [-0.39, 0.29) is 27.4 Å². The normalized spacial score (nSPS) is 17.7. The van der Waals surface area contributed by atoms with Crippen LogP contribution < -0.4 is 5.32 Å². The molecule has 8 heteroatoms.